The van der Waals surface area contributed by atoms with Crippen molar-refractivity contribution in [3.63, 3.8) is 0 Å². The van der Waals surface area contributed by atoms with E-state index in [0.717, 1.165) is 24.5 Å². The van der Waals surface area contributed by atoms with E-state index in [1.807, 2.05) is 13.8 Å². The Balaban J connectivity index is 2.33. The minimum atomic E-state index is -0.250. The number of hydrogen-bond donors (Lipinski definition) is 0. The van der Waals surface area contributed by atoms with Crippen molar-refractivity contribution in [2.75, 3.05) is 38.8 Å². The highest BCUT2D eigenvalue weighted by atomic mass is 16.5. The molecule has 21 heavy (non-hydrogen) atoms. The fourth-order valence-corrected chi connectivity index (χ4v) is 2.82. The summed E-state index contributed by atoms with van der Waals surface area (Å²) in [4.78, 5) is 11.2. The normalized spacial score (nSPS) is 21.4. The first-order chi connectivity index (χ1) is 9.86. The number of aryl methyl sites for hydroxylation is 1. The molecule has 1 atom stereocenters. The number of morpholine rings is 1. The van der Waals surface area contributed by atoms with Gasteiger partial charge in [0.25, 0.3) is 0 Å². The predicted molar refractivity (Wildman–Crippen MR) is 81.1 cm³/mol. The SMILES string of the molecule is COCC1CN(c2nc(C)nc(OC)c2C)CC(C)(C)O1. The van der Waals surface area contributed by atoms with Crippen molar-refractivity contribution in [1.82, 2.24) is 9.97 Å². The van der Waals surface area contributed by atoms with Crippen LogP contribution in [-0.2, 0) is 9.47 Å². The highest BCUT2D eigenvalue weighted by molar-refractivity contribution is 5.51. The van der Waals surface area contributed by atoms with Gasteiger partial charge in [-0.15, -0.1) is 0 Å². The van der Waals surface area contributed by atoms with E-state index in [1.165, 1.54) is 0 Å². The van der Waals surface area contributed by atoms with Gasteiger partial charge in [0.15, 0.2) is 0 Å². The molecule has 1 aromatic heterocycles. The molecule has 2 heterocycles. The number of anilines is 1. The summed E-state index contributed by atoms with van der Waals surface area (Å²) in [6.45, 7) is 10.1. The van der Waals surface area contributed by atoms with Crippen LogP contribution in [0.15, 0.2) is 0 Å². The van der Waals surface area contributed by atoms with Crippen LogP contribution in [0, 0.1) is 13.8 Å². The second kappa shape index (κ2) is 6.15. The Hall–Kier alpha value is -1.40. The van der Waals surface area contributed by atoms with Gasteiger partial charge in [-0.3, -0.25) is 0 Å². The van der Waals surface area contributed by atoms with E-state index in [4.69, 9.17) is 14.2 Å². The molecule has 0 saturated carbocycles. The van der Waals surface area contributed by atoms with Crippen molar-refractivity contribution < 1.29 is 14.2 Å². The molecule has 6 nitrogen and oxygen atoms in total. The number of rotatable bonds is 4. The summed E-state index contributed by atoms with van der Waals surface area (Å²) in [6, 6.07) is 0. The Labute approximate surface area is 126 Å². The lowest BCUT2D eigenvalue weighted by molar-refractivity contribution is -0.106. The summed E-state index contributed by atoms with van der Waals surface area (Å²) in [5.74, 6) is 2.25. The minimum Gasteiger partial charge on any atom is -0.481 e. The van der Waals surface area contributed by atoms with Crippen molar-refractivity contribution in [3.8, 4) is 5.88 Å². The first kappa shape index (κ1) is 16.0. The largest absolute Gasteiger partial charge is 0.481 e. The van der Waals surface area contributed by atoms with Crippen molar-refractivity contribution in [1.29, 1.82) is 0 Å². The molecule has 1 aliphatic heterocycles. The molecule has 118 valence electrons. The van der Waals surface area contributed by atoms with E-state index in [9.17, 15) is 0 Å². The van der Waals surface area contributed by atoms with Crippen molar-refractivity contribution in [2.24, 2.45) is 0 Å². The van der Waals surface area contributed by atoms with Crippen LogP contribution in [0.5, 0.6) is 5.88 Å². The third-order valence-corrected chi connectivity index (χ3v) is 3.51. The van der Waals surface area contributed by atoms with Gasteiger partial charge in [-0.1, -0.05) is 0 Å². The number of methoxy groups -OCH3 is 2. The van der Waals surface area contributed by atoms with Gasteiger partial charge in [-0.25, -0.2) is 4.98 Å². The molecule has 1 saturated heterocycles. The zero-order valence-corrected chi connectivity index (χ0v) is 13.8. The monoisotopic (exact) mass is 295 g/mol. The molecular formula is C15H25N3O3. The second-order valence-corrected chi connectivity index (χ2v) is 6.06. The lowest BCUT2D eigenvalue weighted by Gasteiger charge is -2.43. The Morgan fingerprint density at radius 2 is 2.00 bits per heavy atom. The van der Waals surface area contributed by atoms with Gasteiger partial charge in [0.2, 0.25) is 5.88 Å². The van der Waals surface area contributed by atoms with Crippen LogP contribution in [0.25, 0.3) is 0 Å². The summed E-state index contributed by atoms with van der Waals surface area (Å²) in [5.41, 5.74) is 0.706. The molecule has 1 aromatic rings. The number of nitrogens with zero attached hydrogens (tertiary/aromatic N) is 3. The van der Waals surface area contributed by atoms with Gasteiger partial charge in [-0.05, 0) is 27.7 Å². The topological polar surface area (TPSA) is 56.7 Å². The number of hydrogen-bond acceptors (Lipinski definition) is 6. The summed E-state index contributed by atoms with van der Waals surface area (Å²) >= 11 is 0. The first-order valence-corrected chi connectivity index (χ1v) is 7.17. The van der Waals surface area contributed by atoms with Crippen LogP contribution in [0.3, 0.4) is 0 Å². The summed E-state index contributed by atoms with van der Waals surface area (Å²) in [6.07, 6.45) is 0.0272. The third kappa shape index (κ3) is 3.63. The fourth-order valence-electron chi connectivity index (χ4n) is 2.82. The van der Waals surface area contributed by atoms with Gasteiger partial charge in [-0.2, -0.15) is 4.98 Å². The van der Waals surface area contributed by atoms with E-state index in [-0.39, 0.29) is 11.7 Å². The van der Waals surface area contributed by atoms with Crippen LogP contribution < -0.4 is 9.64 Å². The van der Waals surface area contributed by atoms with Gasteiger partial charge < -0.3 is 19.1 Å². The lowest BCUT2D eigenvalue weighted by Crippen LogP contribution is -2.54. The predicted octanol–water partition coefficient (Wildman–Crippen LogP) is 1.73. The van der Waals surface area contributed by atoms with Gasteiger partial charge in [0.05, 0.1) is 31.0 Å². The van der Waals surface area contributed by atoms with Crippen LogP contribution >= 0.6 is 0 Å². The molecule has 0 amide bonds. The molecule has 1 fully saturated rings. The average Bonchev–Trinajstić information content (AvgIpc) is 2.39. The van der Waals surface area contributed by atoms with Crippen LogP contribution in [0.4, 0.5) is 5.82 Å². The van der Waals surface area contributed by atoms with Crippen molar-refractivity contribution in [2.45, 2.75) is 39.4 Å². The first-order valence-electron chi connectivity index (χ1n) is 7.17. The molecule has 0 aromatic carbocycles. The molecule has 0 bridgehead atoms. The lowest BCUT2D eigenvalue weighted by atomic mass is 10.0. The molecule has 2 rings (SSSR count). The van der Waals surface area contributed by atoms with E-state index in [0.29, 0.717) is 18.3 Å². The molecular weight excluding hydrogens is 270 g/mol. The number of aromatic nitrogens is 2. The average molecular weight is 295 g/mol. The summed E-state index contributed by atoms with van der Waals surface area (Å²) in [5, 5.41) is 0. The molecule has 0 N–H and O–H groups in total. The maximum atomic E-state index is 6.05. The standard InChI is InChI=1S/C15H25N3O3/c1-10-13(16-11(2)17-14(10)20-6)18-7-12(8-19-5)21-15(3,4)9-18/h12H,7-9H2,1-6H3. The van der Waals surface area contributed by atoms with Crippen LogP contribution in [-0.4, -0.2) is 55.6 Å². The van der Waals surface area contributed by atoms with E-state index in [2.05, 4.69) is 28.7 Å². The zero-order chi connectivity index (χ0) is 15.6. The van der Waals surface area contributed by atoms with Gasteiger partial charge in [0, 0.05) is 20.2 Å². The van der Waals surface area contributed by atoms with Crippen LogP contribution in [0.2, 0.25) is 0 Å². The molecule has 0 aliphatic carbocycles. The van der Waals surface area contributed by atoms with Gasteiger partial charge >= 0.3 is 0 Å². The Kier molecular flexibility index (Phi) is 4.68. The maximum Gasteiger partial charge on any atom is 0.221 e. The molecule has 6 heteroatoms. The van der Waals surface area contributed by atoms with E-state index < -0.39 is 0 Å². The minimum absolute atomic E-state index is 0.0272. The van der Waals surface area contributed by atoms with Gasteiger partial charge in [0.1, 0.15) is 11.6 Å². The Morgan fingerprint density at radius 1 is 1.29 bits per heavy atom. The molecule has 1 aliphatic rings. The highest BCUT2D eigenvalue weighted by Crippen LogP contribution is 2.30. The molecule has 0 radical (unpaired) electrons. The zero-order valence-electron chi connectivity index (χ0n) is 13.8. The number of ether oxygens (including phenoxy) is 3. The van der Waals surface area contributed by atoms with Crippen molar-refractivity contribution >= 4 is 5.82 Å². The van der Waals surface area contributed by atoms with E-state index in [1.54, 1.807) is 14.2 Å². The molecule has 0 spiro atoms. The quantitative estimate of drug-likeness (QED) is 0.843. The second-order valence-electron chi connectivity index (χ2n) is 6.06. The highest BCUT2D eigenvalue weighted by Gasteiger charge is 2.35. The van der Waals surface area contributed by atoms with E-state index >= 15 is 0 Å². The third-order valence-electron chi connectivity index (χ3n) is 3.51. The summed E-state index contributed by atoms with van der Waals surface area (Å²) in [7, 11) is 3.33. The smallest absolute Gasteiger partial charge is 0.221 e. The van der Waals surface area contributed by atoms with Crippen molar-refractivity contribution in [3.05, 3.63) is 11.4 Å². The van der Waals surface area contributed by atoms with Crippen LogP contribution in [0.1, 0.15) is 25.2 Å². The Morgan fingerprint density at radius 3 is 2.62 bits per heavy atom. The maximum absolute atomic E-state index is 6.05. The summed E-state index contributed by atoms with van der Waals surface area (Å²) < 4.78 is 16.6. The fraction of sp³-hybridized carbons (Fsp3) is 0.733. The molecule has 1 unspecified atom stereocenters. The Bertz CT molecular complexity index is 505.